The van der Waals surface area contributed by atoms with Crippen molar-refractivity contribution in [2.45, 2.75) is 26.2 Å². The molecule has 0 bridgehead atoms. The molecule has 16 heavy (non-hydrogen) atoms. The molecule has 0 aliphatic rings. The van der Waals surface area contributed by atoms with E-state index in [1.54, 1.807) is 0 Å². The van der Waals surface area contributed by atoms with Crippen LogP contribution in [0.5, 0.6) is 5.75 Å². The summed E-state index contributed by atoms with van der Waals surface area (Å²) in [5, 5.41) is 8.40. The van der Waals surface area contributed by atoms with Gasteiger partial charge in [0.2, 0.25) is 0 Å². The first-order valence-corrected chi connectivity index (χ1v) is 5.23. The van der Waals surface area contributed by atoms with Crippen molar-refractivity contribution >= 4 is 5.97 Å². The Balaban J connectivity index is 2.49. The molecule has 3 nitrogen and oxygen atoms in total. The minimum absolute atomic E-state index is 0.0237. The Morgan fingerprint density at radius 2 is 2.00 bits per heavy atom. The van der Waals surface area contributed by atoms with E-state index in [0.29, 0.717) is 11.7 Å². The van der Waals surface area contributed by atoms with Crippen LogP contribution >= 0.6 is 0 Å². The molecule has 0 atom stereocenters. The number of ether oxygens (including phenoxy) is 1. The summed E-state index contributed by atoms with van der Waals surface area (Å²) < 4.78 is 5.25. The molecule has 0 amide bonds. The first-order valence-electron chi connectivity index (χ1n) is 5.23. The predicted molar refractivity (Wildman–Crippen MR) is 62.6 cm³/mol. The van der Waals surface area contributed by atoms with Gasteiger partial charge in [-0.05, 0) is 29.7 Å². The van der Waals surface area contributed by atoms with Crippen LogP contribution in [0.4, 0.5) is 0 Å². The second-order valence-corrected chi connectivity index (χ2v) is 3.81. The van der Waals surface area contributed by atoms with E-state index in [1.165, 1.54) is 17.9 Å². The zero-order chi connectivity index (χ0) is 12.0. The molecule has 0 aromatic heterocycles. The number of hydrogen-bond acceptors (Lipinski definition) is 2. The van der Waals surface area contributed by atoms with Crippen LogP contribution in [0.1, 0.15) is 31.7 Å². The van der Waals surface area contributed by atoms with Crippen LogP contribution in [-0.4, -0.2) is 11.1 Å². The molecular weight excluding hydrogens is 204 g/mol. The SMILES string of the molecule is CC(C)c1ccc(O/C=C/CC(=O)O)cc1. The van der Waals surface area contributed by atoms with Gasteiger partial charge in [-0.25, -0.2) is 0 Å². The van der Waals surface area contributed by atoms with Gasteiger partial charge in [0.05, 0.1) is 12.7 Å². The lowest BCUT2D eigenvalue weighted by Gasteiger charge is -2.05. The van der Waals surface area contributed by atoms with Crippen LogP contribution in [0.25, 0.3) is 0 Å². The lowest BCUT2D eigenvalue weighted by molar-refractivity contribution is -0.136. The van der Waals surface area contributed by atoms with Gasteiger partial charge >= 0.3 is 5.97 Å². The summed E-state index contributed by atoms with van der Waals surface area (Å²) in [6.07, 6.45) is 2.85. The third kappa shape index (κ3) is 4.17. The highest BCUT2D eigenvalue weighted by molar-refractivity contribution is 5.68. The van der Waals surface area contributed by atoms with Gasteiger partial charge < -0.3 is 9.84 Å². The molecule has 0 spiro atoms. The van der Waals surface area contributed by atoms with Gasteiger partial charge in [0.1, 0.15) is 5.75 Å². The largest absolute Gasteiger partial charge is 0.481 e. The van der Waals surface area contributed by atoms with E-state index in [1.807, 2.05) is 24.3 Å². The monoisotopic (exact) mass is 220 g/mol. The molecule has 1 N–H and O–H groups in total. The molecule has 3 heteroatoms. The van der Waals surface area contributed by atoms with E-state index >= 15 is 0 Å². The molecule has 0 unspecified atom stereocenters. The van der Waals surface area contributed by atoms with Gasteiger partial charge in [-0.3, -0.25) is 4.79 Å². The molecule has 0 heterocycles. The number of carboxylic acid groups (broad SMARTS) is 1. The maximum atomic E-state index is 10.2. The van der Waals surface area contributed by atoms with Gasteiger partial charge in [-0.2, -0.15) is 0 Å². The van der Waals surface area contributed by atoms with Gasteiger partial charge in [0, 0.05) is 0 Å². The average molecular weight is 220 g/mol. The predicted octanol–water partition coefficient (Wildman–Crippen LogP) is 3.18. The van der Waals surface area contributed by atoms with E-state index in [2.05, 4.69) is 13.8 Å². The zero-order valence-electron chi connectivity index (χ0n) is 9.51. The normalized spacial score (nSPS) is 10.9. The third-order valence-corrected chi connectivity index (χ3v) is 2.14. The van der Waals surface area contributed by atoms with Crippen molar-refractivity contribution in [3.63, 3.8) is 0 Å². The van der Waals surface area contributed by atoms with E-state index in [9.17, 15) is 4.79 Å². The minimum Gasteiger partial charge on any atom is -0.481 e. The summed E-state index contributed by atoms with van der Waals surface area (Å²) in [6, 6.07) is 7.76. The van der Waals surface area contributed by atoms with Crippen LogP contribution < -0.4 is 4.74 Å². The second kappa shape index (κ2) is 5.95. The lowest BCUT2D eigenvalue weighted by Crippen LogP contribution is -1.91. The highest BCUT2D eigenvalue weighted by Crippen LogP contribution is 2.18. The van der Waals surface area contributed by atoms with E-state index in [-0.39, 0.29) is 6.42 Å². The fraction of sp³-hybridized carbons (Fsp3) is 0.308. The zero-order valence-corrected chi connectivity index (χ0v) is 9.51. The van der Waals surface area contributed by atoms with Crippen LogP contribution in [0.3, 0.4) is 0 Å². The fourth-order valence-electron chi connectivity index (χ4n) is 1.21. The van der Waals surface area contributed by atoms with Crippen molar-refractivity contribution in [2.75, 3.05) is 0 Å². The average Bonchev–Trinajstić information content (AvgIpc) is 2.25. The third-order valence-electron chi connectivity index (χ3n) is 2.14. The first-order chi connectivity index (χ1) is 7.59. The second-order valence-electron chi connectivity index (χ2n) is 3.81. The highest BCUT2D eigenvalue weighted by Gasteiger charge is 1.98. The number of hydrogen-bond donors (Lipinski definition) is 1. The number of rotatable bonds is 5. The topological polar surface area (TPSA) is 46.5 Å². The Labute approximate surface area is 95.4 Å². The summed E-state index contributed by atoms with van der Waals surface area (Å²) in [5.74, 6) is 0.345. The Morgan fingerprint density at radius 3 is 2.50 bits per heavy atom. The van der Waals surface area contributed by atoms with Crippen molar-refractivity contribution < 1.29 is 14.6 Å². The summed E-state index contributed by atoms with van der Waals surface area (Å²) in [7, 11) is 0. The molecule has 0 aliphatic heterocycles. The molecule has 1 aromatic carbocycles. The fourth-order valence-corrected chi connectivity index (χ4v) is 1.21. The highest BCUT2D eigenvalue weighted by atomic mass is 16.5. The quantitative estimate of drug-likeness (QED) is 0.775. The molecular formula is C13H16O3. The van der Waals surface area contributed by atoms with Crippen molar-refractivity contribution in [1.82, 2.24) is 0 Å². The Bertz CT molecular complexity index is 363. The molecule has 1 rings (SSSR count). The molecule has 0 aliphatic carbocycles. The van der Waals surface area contributed by atoms with Gasteiger partial charge in [0.25, 0.3) is 0 Å². The Kier molecular flexibility index (Phi) is 4.58. The van der Waals surface area contributed by atoms with Crippen molar-refractivity contribution in [3.05, 3.63) is 42.2 Å². The maximum Gasteiger partial charge on any atom is 0.307 e. The summed E-state index contributed by atoms with van der Waals surface area (Å²) in [6.45, 7) is 4.26. The van der Waals surface area contributed by atoms with Crippen LogP contribution in [0.15, 0.2) is 36.6 Å². The smallest absolute Gasteiger partial charge is 0.307 e. The molecule has 0 radical (unpaired) electrons. The summed E-state index contributed by atoms with van der Waals surface area (Å²) in [5.41, 5.74) is 1.25. The van der Waals surface area contributed by atoms with Gasteiger partial charge in [-0.15, -0.1) is 0 Å². The minimum atomic E-state index is -0.866. The number of aliphatic carboxylic acids is 1. The molecule has 0 saturated heterocycles. The lowest BCUT2D eigenvalue weighted by atomic mass is 10.0. The maximum absolute atomic E-state index is 10.2. The van der Waals surface area contributed by atoms with Crippen molar-refractivity contribution in [3.8, 4) is 5.75 Å². The van der Waals surface area contributed by atoms with Crippen LogP contribution in [-0.2, 0) is 4.79 Å². The summed E-state index contributed by atoms with van der Waals surface area (Å²) in [4.78, 5) is 10.2. The standard InChI is InChI=1S/C13H16O3/c1-10(2)11-5-7-12(8-6-11)16-9-3-4-13(14)15/h3,5-10H,4H2,1-2H3,(H,14,15)/b9-3+. The van der Waals surface area contributed by atoms with E-state index in [4.69, 9.17) is 9.84 Å². The Hall–Kier alpha value is -1.77. The molecule has 1 aromatic rings. The van der Waals surface area contributed by atoms with Crippen LogP contribution in [0, 0.1) is 0 Å². The van der Waals surface area contributed by atoms with E-state index < -0.39 is 5.97 Å². The molecule has 0 saturated carbocycles. The molecule has 86 valence electrons. The number of carbonyl (C=O) groups is 1. The van der Waals surface area contributed by atoms with E-state index in [0.717, 1.165) is 0 Å². The number of benzene rings is 1. The van der Waals surface area contributed by atoms with Crippen molar-refractivity contribution in [2.24, 2.45) is 0 Å². The first kappa shape index (κ1) is 12.3. The number of carboxylic acids is 1. The van der Waals surface area contributed by atoms with Crippen molar-refractivity contribution in [1.29, 1.82) is 0 Å². The Morgan fingerprint density at radius 1 is 1.38 bits per heavy atom. The molecule has 0 fully saturated rings. The summed E-state index contributed by atoms with van der Waals surface area (Å²) >= 11 is 0. The van der Waals surface area contributed by atoms with Gasteiger partial charge in [-0.1, -0.05) is 26.0 Å². The van der Waals surface area contributed by atoms with Gasteiger partial charge in [0.15, 0.2) is 0 Å². The van der Waals surface area contributed by atoms with Crippen LogP contribution in [0.2, 0.25) is 0 Å².